The number of carbonyl (C=O) groups is 1. The van der Waals surface area contributed by atoms with Crippen LogP contribution in [0.4, 0.5) is 30.2 Å². The number of anilines is 3. The van der Waals surface area contributed by atoms with Gasteiger partial charge in [-0.25, -0.2) is 16.8 Å². The molecule has 39 heavy (non-hydrogen) atoms. The predicted octanol–water partition coefficient (Wildman–Crippen LogP) is 4.88. The first-order chi connectivity index (χ1) is 18.0. The molecule has 15 heteroatoms. The van der Waals surface area contributed by atoms with Crippen molar-refractivity contribution in [2.24, 2.45) is 0 Å². The van der Waals surface area contributed by atoms with Gasteiger partial charge in [-0.3, -0.25) is 13.8 Å². The molecule has 0 aliphatic heterocycles. The van der Waals surface area contributed by atoms with Crippen LogP contribution in [0.5, 0.6) is 5.75 Å². The van der Waals surface area contributed by atoms with Crippen LogP contribution in [0.3, 0.4) is 0 Å². The highest BCUT2D eigenvalue weighted by Gasteiger charge is 2.34. The Bertz CT molecular complexity index is 1600. The maximum atomic E-state index is 13.2. The van der Waals surface area contributed by atoms with Gasteiger partial charge in [-0.15, -0.1) is 0 Å². The van der Waals surface area contributed by atoms with E-state index in [9.17, 15) is 34.8 Å². The molecule has 210 valence electrons. The standard InChI is InChI=1S/C24H23ClF3N3O6S2/c1-15-4-11-22(37-2)21(12-15)30-39(35,36)18-8-5-16(6-9-18)29-23(32)14-31(38(3,33)34)17-7-10-20(25)19(13-17)24(26,27)28/h4-13,30H,14H2,1-3H3,(H,29,32). The molecule has 0 saturated heterocycles. The van der Waals surface area contributed by atoms with Gasteiger partial charge in [-0.1, -0.05) is 17.7 Å². The number of ether oxygens (including phenoxy) is 1. The second-order valence-corrected chi connectivity index (χ2v) is 12.3. The molecule has 0 aromatic heterocycles. The molecule has 0 bridgehead atoms. The number of amides is 1. The maximum Gasteiger partial charge on any atom is 0.417 e. The summed E-state index contributed by atoms with van der Waals surface area (Å²) in [5, 5.41) is 1.77. The lowest BCUT2D eigenvalue weighted by molar-refractivity contribution is -0.137. The van der Waals surface area contributed by atoms with Gasteiger partial charge >= 0.3 is 6.18 Å². The minimum absolute atomic E-state index is 0.118. The van der Waals surface area contributed by atoms with Gasteiger partial charge in [0.25, 0.3) is 10.0 Å². The molecule has 0 aliphatic carbocycles. The molecule has 0 aliphatic rings. The van der Waals surface area contributed by atoms with Crippen LogP contribution < -0.4 is 19.1 Å². The fraction of sp³-hybridized carbons (Fsp3) is 0.208. The van der Waals surface area contributed by atoms with Gasteiger partial charge in [-0.05, 0) is 67.1 Å². The third-order valence-electron chi connectivity index (χ3n) is 5.28. The summed E-state index contributed by atoms with van der Waals surface area (Å²) < 4.78 is 98.1. The number of hydrogen-bond acceptors (Lipinski definition) is 6. The lowest BCUT2D eigenvalue weighted by Crippen LogP contribution is -2.37. The van der Waals surface area contributed by atoms with Crippen LogP contribution in [0.1, 0.15) is 11.1 Å². The zero-order valence-corrected chi connectivity index (χ0v) is 23.1. The van der Waals surface area contributed by atoms with Crippen molar-refractivity contribution in [2.75, 3.05) is 34.3 Å². The van der Waals surface area contributed by atoms with Crippen LogP contribution >= 0.6 is 11.6 Å². The fourth-order valence-corrected chi connectivity index (χ4v) is 5.57. The van der Waals surface area contributed by atoms with E-state index in [0.717, 1.165) is 24.0 Å². The highest BCUT2D eigenvalue weighted by Crippen LogP contribution is 2.37. The molecule has 0 fully saturated rings. The summed E-state index contributed by atoms with van der Waals surface area (Å²) in [6.45, 7) is 0.925. The average Bonchev–Trinajstić information content (AvgIpc) is 2.82. The summed E-state index contributed by atoms with van der Waals surface area (Å²) in [4.78, 5) is 12.5. The van der Waals surface area contributed by atoms with E-state index in [4.69, 9.17) is 16.3 Å². The molecular weight excluding hydrogens is 583 g/mol. The van der Waals surface area contributed by atoms with E-state index < -0.39 is 54.9 Å². The minimum atomic E-state index is -4.85. The lowest BCUT2D eigenvalue weighted by Gasteiger charge is -2.23. The van der Waals surface area contributed by atoms with Crippen molar-refractivity contribution in [1.82, 2.24) is 0 Å². The first-order valence-electron chi connectivity index (χ1n) is 10.9. The van der Waals surface area contributed by atoms with Crippen molar-refractivity contribution in [1.29, 1.82) is 0 Å². The molecule has 0 spiro atoms. The van der Waals surface area contributed by atoms with Crippen molar-refractivity contribution in [3.63, 3.8) is 0 Å². The normalized spacial score (nSPS) is 12.1. The molecule has 0 unspecified atom stereocenters. The van der Waals surface area contributed by atoms with Crippen LogP contribution in [0.15, 0.2) is 65.6 Å². The molecule has 2 N–H and O–H groups in total. The quantitative estimate of drug-likeness (QED) is 0.358. The zero-order valence-electron chi connectivity index (χ0n) is 20.7. The van der Waals surface area contributed by atoms with E-state index in [1.165, 1.54) is 31.4 Å². The van der Waals surface area contributed by atoms with E-state index in [-0.39, 0.29) is 16.3 Å². The van der Waals surface area contributed by atoms with E-state index in [1.807, 2.05) is 0 Å². The average molecular weight is 606 g/mol. The van der Waals surface area contributed by atoms with Gasteiger partial charge in [0, 0.05) is 5.69 Å². The first kappa shape index (κ1) is 30.1. The Labute approximate surface area is 228 Å². The first-order valence-corrected chi connectivity index (χ1v) is 14.6. The van der Waals surface area contributed by atoms with Crippen molar-refractivity contribution in [3.05, 3.63) is 76.8 Å². The van der Waals surface area contributed by atoms with Crippen LogP contribution in [0, 0.1) is 6.92 Å². The van der Waals surface area contributed by atoms with Gasteiger partial charge in [0.15, 0.2) is 0 Å². The molecule has 3 aromatic rings. The highest BCUT2D eigenvalue weighted by molar-refractivity contribution is 7.92. The topological polar surface area (TPSA) is 122 Å². The van der Waals surface area contributed by atoms with Gasteiger partial charge in [0.05, 0.1) is 40.2 Å². The van der Waals surface area contributed by atoms with Crippen LogP contribution in [-0.2, 0) is 31.0 Å². The molecule has 0 saturated carbocycles. The summed E-state index contributed by atoms with van der Waals surface area (Å²) >= 11 is 5.60. The number of halogens is 4. The third kappa shape index (κ3) is 7.55. The monoisotopic (exact) mass is 605 g/mol. The number of hydrogen-bond donors (Lipinski definition) is 2. The Balaban J connectivity index is 1.78. The van der Waals surface area contributed by atoms with Crippen molar-refractivity contribution in [3.8, 4) is 5.75 Å². The van der Waals surface area contributed by atoms with E-state index in [1.54, 1.807) is 25.1 Å². The maximum absolute atomic E-state index is 13.2. The highest BCUT2D eigenvalue weighted by atomic mass is 35.5. The second kappa shape index (κ2) is 11.3. The zero-order chi connectivity index (χ0) is 29.2. The van der Waals surface area contributed by atoms with Crippen molar-refractivity contribution < 1.29 is 39.5 Å². The largest absolute Gasteiger partial charge is 0.495 e. The van der Waals surface area contributed by atoms with Crippen LogP contribution in [0.2, 0.25) is 5.02 Å². The third-order valence-corrected chi connectivity index (χ3v) is 8.13. The molecule has 3 aromatic carbocycles. The number of nitrogens with one attached hydrogen (secondary N) is 2. The van der Waals surface area contributed by atoms with Crippen LogP contribution in [0.25, 0.3) is 0 Å². The fourth-order valence-electron chi connectivity index (χ4n) is 3.44. The number of methoxy groups -OCH3 is 1. The molecular formula is C24H23ClF3N3O6S2. The van der Waals surface area contributed by atoms with Crippen LogP contribution in [-0.4, -0.2) is 42.7 Å². The Kier molecular flexibility index (Phi) is 8.72. The van der Waals surface area contributed by atoms with E-state index in [2.05, 4.69) is 10.0 Å². The van der Waals surface area contributed by atoms with Gasteiger partial charge in [0.2, 0.25) is 15.9 Å². The molecule has 0 atom stereocenters. The van der Waals surface area contributed by atoms with Gasteiger partial charge in [-0.2, -0.15) is 13.2 Å². The summed E-state index contributed by atoms with van der Waals surface area (Å²) in [5.41, 5.74) is -0.532. The molecule has 9 nitrogen and oxygen atoms in total. The number of aryl methyl sites for hydroxylation is 1. The Morgan fingerprint density at radius 3 is 2.21 bits per heavy atom. The number of benzene rings is 3. The Morgan fingerprint density at radius 1 is 1.00 bits per heavy atom. The predicted molar refractivity (Wildman–Crippen MR) is 142 cm³/mol. The Hall–Kier alpha value is -3.49. The smallest absolute Gasteiger partial charge is 0.417 e. The number of rotatable bonds is 9. The van der Waals surface area contributed by atoms with Gasteiger partial charge in [0.1, 0.15) is 12.3 Å². The van der Waals surface area contributed by atoms with Gasteiger partial charge < -0.3 is 10.1 Å². The summed E-state index contributed by atoms with van der Waals surface area (Å²) in [7, 11) is -6.82. The second-order valence-electron chi connectivity index (χ2n) is 8.31. The lowest BCUT2D eigenvalue weighted by atomic mass is 10.2. The SMILES string of the molecule is COc1ccc(C)cc1NS(=O)(=O)c1ccc(NC(=O)CN(c2ccc(Cl)c(C(F)(F)F)c2)S(C)(=O)=O)cc1. The molecule has 1 amide bonds. The summed E-state index contributed by atoms with van der Waals surface area (Å²) in [6, 6.07) is 12.4. The summed E-state index contributed by atoms with van der Waals surface area (Å²) in [5.74, 6) is -0.575. The summed E-state index contributed by atoms with van der Waals surface area (Å²) in [6.07, 6.45) is -4.11. The molecule has 0 radical (unpaired) electrons. The number of alkyl halides is 3. The minimum Gasteiger partial charge on any atom is -0.495 e. The number of carbonyl (C=O) groups excluding carboxylic acids is 1. The number of nitrogens with zero attached hydrogens (tertiary/aromatic N) is 1. The Morgan fingerprint density at radius 2 is 1.64 bits per heavy atom. The van der Waals surface area contributed by atoms with Crippen molar-refractivity contribution >= 4 is 54.6 Å². The van der Waals surface area contributed by atoms with E-state index >= 15 is 0 Å². The van der Waals surface area contributed by atoms with E-state index in [0.29, 0.717) is 16.1 Å². The molecule has 0 heterocycles. The number of sulfonamides is 2. The molecule has 3 rings (SSSR count). The van der Waals surface area contributed by atoms with Crippen molar-refractivity contribution in [2.45, 2.75) is 18.0 Å².